The van der Waals surface area contributed by atoms with Gasteiger partial charge in [0.05, 0.1) is 6.10 Å². The molecule has 4 rings (SSSR count). The highest BCUT2D eigenvalue weighted by Crippen LogP contribution is 2.68. The SMILES string of the molecule is C[C@H](CCC(=O)O)C1CC[C@H]2[C@@H]3CCC4C[C@H](O)CCC4(C)C3CCC12C. The summed E-state index contributed by atoms with van der Waals surface area (Å²) in [5, 5.41) is 19.3. The largest absolute Gasteiger partial charge is 0.481 e. The Morgan fingerprint density at radius 3 is 2.44 bits per heavy atom. The lowest BCUT2D eigenvalue weighted by Gasteiger charge is -2.61. The van der Waals surface area contributed by atoms with Crippen molar-refractivity contribution < 1.29 is 15.0 Å². The Morgan fingerprint density at radius 2 is 1.70 bits per heavy atom. The lowest BCUT2D eigenvalue weighted by atomic mass is 9.44. The summed E-state index contributed by atoms with van der Waals surface area (Å²) in [4.78, 5) is 11.0. The molecule has 0 amide bonds. The highest BCUT2D eigenvalue weighted by atomic mass is 16.4. The summed E-state index contributed by atoms with van der Waals surface area (Å²) in [6, 6.07) is 0. The molecule has 0 aromatic heterocycles. The molecule has 0 aliphatic heterocycles. The van der Waals surface area contributed by atoms with Gasteiger partial charge in [-0.05, 0) is 111 Å². The van der Waals surface area contributed by atoms with Crippen molar-refractivity contribution in [1.29, 1.82) is 0 Å². The van der Waals surface area contributed by atoms with Crippen molar-refractivity contribution in [3.8, 4) is 0 Å². The number of rotatable bonds is 4. The van der Waals surface area contributed by atoms with Crippen LogP contribution in [0, 0.1) is 46.3 Å². The summed E-state index contributed by atoms with van der Waals surface area (Å²) in [7, 11) is 0. The number of aliphatic carboxylic acids is 1. The molecular formula is C24H40O3. The zero-order valence-electron chi connectivity index (χ0n) is 17.6. The maximum absolute atomic E-state index is 11.0. The van der Waals surface area contributed by atoms with Crippen LogP contribution in [0.4, 0.5) is 0 Å². The monoisotopic (exact) mass is 376 g/mol. The van der Waals surface area contributed by atoms with E-state index in [1.54, 1.807) is 0 Å². The number of hydrogen-bond acceptors (Lipinski definition) is 2. The Morgan fingerprint density at radius 1 is 1.00 bits per heavy atom. The first-order chi connectivity index (χ1) is 12.8. The smallest absolute Gasteiger partial charge is 0.303 e. The van der Waals surface area contributed by atoms with E-state index in [0.29, 0.717) is 29.1 Å². The van der Waals surface area contributed by atoms with Gasteiger partial charge in [-0.1, -0.05) is 20.8 Å². The number of hydrogen-bond donors (Lipinski definition) is 2. The topological polar surface area (TPSA) is 57.5 Å². The lowest BCUT2D eigenvalue weighted by molar-refractivity contribution is -0.138. The fourth-order valence-electron chi connectivity index (χ4n) is 8.76. The molecule has 0 saturated heterocycles. The van der Waals surface area contributed by atoms with Crippen LogP contribution in [-0.4, -0.2) is 22.3 Å². The maximum atomic E-state index is 11.0. The summed E-state index contributed by atoms with van der Waals surface area (Å²) in [6.45, 7) is 7.43. The second kappa shape index (κ2) is 7.04. The predicted molar refractivity (Wildman–Crippen MR) is 107 cm³/mol. The van der Waals surface area contributed by atoms with E-state index in [4.69, 9.17) is 5.11 Å². The minimum atomic E-state index is -0.643. The summed E-state index contributed by atoms with van der Waals surface area (Å²) in [5.74, 6) is 3.91. The molecule has 0 radical (unpaired) electrons. The van der Waals surface area contributed by atoms with Crippen molar-refractivity contribution in [2.45, 2.75) is 97.5 Å². The zero-order valence-corrected chi connectivity index (χ0v) is 17.6. The van der Waals surface area contributed by atoms with Crippen LogP contribution in [-0.2, 0) is 4.79 Å². The Hall–Kier alpha value is -0.570. The Bertz CT molecular complexity index is 574. The van der Waals surface area contributed by atoms with Gasteiger partial charge in [-0.25, -0.2) is 0 Å². The van der Waals surface area contributed by atoms with Crippen LogP contribution in [0.15, 0.2) is 0 Å². The summed E-state index contributed by atoms with van der Waals surface area (Å²) in [6.07, 6.45) is 12.4. The fraction of sp³-hybridized carbons (Fsp3) is 0.958. The molecule has 2 N–H and O–H groups in total. The number of carboxylic acids is 1. The molecule has 3 heteroatoms. The van der Waals surface area contributed by atoms with Gasteiger partial charge in [0.1, 0.15) is 0 Å². The number of aliphatic hydroxyl groups is 1. The van der Waals surface area contributed by atoms with E-state index >= 15 is 0 Å². The van der Waals surface area contributed by atoms with Gasteiger partial charge in [0, 0.05) is 6.42 Å². The van der Waals surface area contributed by atoms with Gasteiger partial charge in [0.2, 0.25) is 0 Å². The van der Waals surface area contributed by atoms with E-state index in [1.807, 2.05) is 0 Å². The predicted octanol–water partition coefficient (Wildman–Crippen LogP) is 5.51. The Labute approximate surface area is 165 Å². The van der Waals surface area contributed by atoms with E-state index < -0.39 is 5.97 Å². The molecule has 154 valence electrons. The fourth-order valence-corrected chi connectivity index (χ4v) is 8.76. The molecular weight excluding hydrogens is 336 g/mol. The van der Waals surface area contributed by atoms with Gasteiger partial charge in [-0.3, -0.25) is 4.79 Å². The van der Waals surface area contributed by atoms with Gasteiger partial charge in [-0.2, -0.15) is 0 Å². The molecule has 4 aliphatic carbocycles. The minimum absolute atomic E-state index is 0.0561. The molecule has 9 atom stereocenters. The molecule has 27 heavy (non-hydrogen) atoms. The van der Waals surface area contributed by atoms with E-state index in [-0.39, 0.29) is 6.10 Å². The number of aliphatic hydroxyl groups excluding tert-OH is 1. The molecule has 0 bridgehead atoms. The van der Waals surface area contributed by atoms with Crippen LogP contribution in [0.1, 0.15) is 91.4 Å². The highest BCUT2D eigenvalue weighted by molar-refractivity contribution is 5.66. The Balaban J connectivity index is 1.51. The first kappa shape index (κ1) is 19.7. The van der Waals surface area contributed by atoms with Crippen molar-refractivity contribution in [1.82, 2.24) is 0 Å². The van der Waals surface area contributed by atoms with E-state index in [1.165, 1.54) is 44.9 Å². The van der Waals surface area contributed by atoms with Gasteiger partial charge in [0.15, 0.2) is 0 Å². The van der Waals surface area contributed by atoms with Crippen LogP contribution in [0.25, 0.3) is 0 Å². The molecule has 0 aromatic rings. The molecule has 4 aliphatic rings. The van der Waals surface area contributed by atoms with Crippen molar-refractivity contribution in [2.24, 2.45) is 46.3 Å². The van der Waals surface area contributed by atoms with Crippen LogP contribution >= 0.6 is 0 Å². The van der Waals surface area contributed by atoms with Crippen LogP contribution in [0.2, 0.25) is 0 Å². The van der Waals surface area contributed by atoms with Crippen molar-refractivity contribution >= 4 is 5.97 Å². The minimum Gasteiger partial charge on any atom is -0.481 e. The first-order valence-corrected chi connectivity index (χ1v) is 11.7. The zero-order chi connectivity index (χ0) is 19.4. The third-order valence-electron chi connectivity index (χ3n) is 10.2. The van der Waals surface area contributed by atoms with Gasteiger partial charge in [0.25, 0.3) is 0 Å². The normalized spacial score (nSPS) is 50.4. The average molecular weight is 377 g/mol. The third-order valence-corrected chi connectivity index (χ3v) is 10.2. The third kappa shape index (κ3) is 3.16. The van der Waals surface area contributed by atoms with Gasteiger partial charge >= 0.3 is 5.97 Å². The van der Waals surface area contributed by atoms with E-state index in [9.17, 15) is 9.90 Å². The molecule has 0 heterocycles. The highest BCUT2D eigenvalue weighted by Gasteiger charge is 2.60. The summed E-state index contributed by atoms with van der Waals surface area (Å²) < 4.78 is 0. The lowest BCUT2D eigenvalue weighted by Crippen LogP contribution is -2.54. The van der Waals surface area contributed by atoms with Crippen molar-refractivity contribution in [3.63, 3.8) is 0 Å². The maximum Gasteiger partial charge on any atom is 0.303 e. The van der Waals surface area contributed by atoms with Crippen LogP contribution in [0.5, 0.6) is 0 Å². The number of fused-ring (bicyclic) bond motifs is 5. The molecule has 4 fully saturated rings. The van der Waals surface area contributed by atoms with Crippen LogP contribution < -0.4 is 0 Å². The van der Waals surface area contributed by atoms with E-state index in [0.717, 1.165) is 42.9 Å². The van der Waals surface area contributed by atoms with Crippen molar-refractivity contribution in [3.05, 3.63) is 0 Å². The molecule has 4 saturated carbocycles. The second-order valence-electron chi connectivity index (χ2n) is 11.2. The van der Waals surface area contributed by atoms with Gasteiger partial charge < -0.3 is 10.2 Å². The molecule has 0 aromatic carbocycles. The van der Waals surface area contributed by atoms with Gasteiger partial charge in [-0.15, -0.1) is 0 Å². The Kier molecular flexibility index (Phi) is 5.15. The number of carboxylic acid groups (broad SMARTS) is 1. The standard InChI is InChI=1S/C24H40O3/c1-15(4-9-22(26)27)19-7-8-20-18-6-5-16-14-17(25)10-12-23(16,2)21(18)11-13-24(19,20)3/h15-21,25H,4-14H2,1-3H3,(H,26,27)/t15-,16?,17-,18+,19?,20+,21?,23?,24?/m1/s1. The van der Waals surface area contributed by atoms with Crippen molar-refractivity contribution in [2.75, 3.05) is 0 Å². The molecule has 0 spiro atoms. The quantitative estimate of drug-likeness (QED) is 0.680. The summed E-state index contributed by atoms with van der Waals surface area (Å²) >= 11 is 0. The van der Waals surface area contributed by atoms with E-state index in [2.05, 4.69) is 20.8 Å². The first-order valence-electron chi connectivity index (χ1n) is 11.7. The second-order valence-corrected chi connectivity index (χ2v) is 11.2. The molecule has 5 unspecified atom stereocenters. The van der Waals surface area contributed by atoms with Crippen LogP contribution in [0.3, 0.4) is 0 Å². The average Bonchev–Trinajstić information content (AvgIpc) is 2.97. The number of carbonyl (C=O) groups is 1. The summed E-state index contributed by atoms with van der Waals surface area (Å²) in [5.41, 5.74) is 0.882. The molecule has 3 nitrogen and oxygen atoms in total.